The molecule has 4 amide bonds. The van der Waals surface area contributed by atoms with Gasteiger partial charge in [0, 0.05) is 6.04 Å². The number of nitrogens with one attached hydrogen (secondary N) is 1. The zero-order valence-electron chi connectivity index (χ0n) is 12.5. The predicted octanol–water partition coefficient (Wildman–Crippen LogP) is 2.31. The lowest BCUT2D eigenvalue weighted by atomic mass is 9.88. The second-order valence-corrected chi connectivity index (χ2v) is 6.41. The fourth-order valence-electron chi connectivity index (χ4n) is 3.36. The van der Waals surface area contributed by atoms with E-state index in [2.05, 4.69) is 12.2 Å². The van der Waals surface area contributed by atoms with Gasteiger partial charge in [0.15, 0.2) is 0 Å². The summed E-state index contributed by atoms with van der Waals surface area (Å²) in [4.78, 5) is 37.9. The van der Waals surface area contributed by atoms with Crippen LogP contribution in [0.5, 0.6) is 0 Å². The summed E-state index contributed by atoms with van der Waals surface area (Å²) in [6.07, 6.45) is 5.21. The topological polar surface area (TPSA) is 66.5 Å². The van der Waals surface area contributed by atoms with E-state index in [1.165, 1.54) is 4.90 Å². The number of hydrogen-bond acceptors (Lipinski definition) is 3. The molecular weight excluding hydrogens is 256 g/mol. The number of nitrogens with zero attached hydrogens (tertiary/aromatic N) is 1. The predicted molar refractivity (Wildman–Crippen MR) is 74.7 cm³/mol. The highest BCUT2D eigenvalue weighted by molar-refractivity contribution is 6.16. The van der Waals surface area contributed by atoms with Crippen molar-refractivity contribution in [2.75, 3.05) is 0 Å². The maximum atomic E-state index is 12.6. The van der Waals surface area contributed by atoms with Gasteiger partial charge in [-0.25, -0.2) is 4.79 Å². The van der Waals surface area contributed by atoms with E-state index >= 15 is 0 Å². The molecule has 20 heavy (non-hydrogen) atoms. The molecule has 0 aromatic rings. The minimum Gasteiger partial charge on any atom is -0.277 e. The molecule has 1 aliphatic carbocycles. The maximum Gasteiger partial charge on any atom is 0.331 e. The minimum atomic E-state index is -0.733. The van der Waals surface area contributed by atoms with Crippen LogP contribution in [-0.4, -0.2) is 28.8 Å². The number of carbonyl (C=O) groups is 3. The first kappa shape index (κ1) is 15.0. The summed E-state index contributed by atoms with van der Waals surface area (Å²) in [5, 5.41) is 2.36. The molecule has 0 bridgehead atoms. The lowest BCUT2D eigenvalue weighted by molar-refractivity contribution is -0.146. The Morgan fingerprint density at radius 2 is 1.75 bits per heavy atom. The molecule has 112 valence electrons. The van der Waals surface area contributed by atoms with Crippen molar-refractivity contribution in [2.45, 2.75) is 58.9 Å². The van der Waals surface area contributed by atoms with E-state index in [1.807, 2.05) is 13.8 Å². The van der Waals surface area contributed by atoms with Crippen LogP contribution < -0.4 is 5.32 Å². The fraction of sp³-hybridized carbons (Fsp3) is 0.800. The number of barbiturate groups is 1. The summed E-state index contributed by atoms with van der Waals surface area (Å²) in [6.45, 7) is 5.77. The molecule has 2 fully saturated rings. The molecule has 0 aromatic carbocycles. The Morgan fingerprint density at radius 1 is 1.10 bits per heavy atom. The molecule has 1 saturated heterocycles. The van der Waals surface area contributed by atoms with Crippen LogP contribution in [0.15, 0.2) is 0 Å². The van der Waals surface area contributed by atoms with Gasteiger partial charge in [-0.1, -0.05) is 40.0 Å². The highest BCUT2D eigenvalue weighted by Crippen LogP contribution is 2.30. The summed E-state index contributed by atoms with van der Waals surface area (Å²) < 4.78 is 0. The number of hydrogen-bond donors (Lipinski definition) is 1. The SMILES string of the molecule is CC(C)C1C(=O)NC(=O)N(C2CCCCCC2C)C1=O. The van der Waals surface area contributed by atoms with Crippen molar-refractivity contribution in [3.05, 3.63) is 0 Å². The first-order chi connectivity index (χ1) is 9.43. The molecule has 1 saturated carbocycles. The van der Waals surface area contributed by atoms with Crippen LogP contribution in [0.4, 0.5) is 4.79 Å². The van der Waals surface area contributed by atoms with Gasteiger partial charge in [0.05, 0.1) is 0 Å². The van der Waals surface area contributed by atoms with Crippen LogP contribution in [-0.2, 0) is 9.59 Å². The maximum absolute atomic E-state index is 12.6. The quantitative estimate of drug-likeness (QED) is 0.623. The van der Waals surface area contributed by atoms with E-state index in [9.17, 15) is 14.4 Å². The third-order valence-electron chi connectivity index (χ3n) is 4.55. The second kappa shape index (κ2) is 5.94. The van der Waals surface area contributed by atoms with Gasteiger partial charge in [-0.3, -0.25) is 19.8 Å². The summed E-state index contributed by atoms with van der Waals surface area (Å²) in [5.41, 5.74) is 0. The summed E-state index contributed by atoms with van der Waals surface area (Å²) >= 11 is 0. The van der Waals surface area contributed by atoms with Gasteiger partial charge < -0.3 is 0 Å². The summed E-state index contributed by atoms with van der Waals surface area (Å²) in [5.74, 6) is -1.30. The van der Waals surface area contributed by atoms with Gasteiger partial charge in [0.2, 0.25) is 11.8 Å². The van der Waals surface area contributed by atoms with Gasteiger partial charge in [-0.05, 0) is 24.7 Å². The number of urea groups is 1. The molecule has 5 heteroatoms. The Bertz CT molecular complexity index is 419. The van der Waals surface area contributed by atoms with Crippen molar-refractivity contribution in [1.29, 1.82) is 0 Å². The number of carbonyl (C=O) groups excluding carboxylic acids is 3. The molecule has 1 heterocycles. The van der Waals surface area contributed by atoms with Crippen LogP contribution >= 0.6 is 0 Å². The average molecular weight is 280 g/mol. The Morgan fingerprint density at radius 3 is 2.40 bits per heavy atom. The van der Waals surface area contributed by atoms with Crippen molar-refractivity contribution < 1.29 is 14.4 Å². The van der Waals surface area contributed by atoms with Crippen molar-refractivity contribution in [3.63, 3.8) is 0 Å². The molecule has 3 atom stereocenters. The largest absolute Gasteiger partial charge is 0.331 e. The van der Waals surface area contributed by atoms with Crippen LogP contribution in [0.3, 0.4) is 0 Å². The Labute approximate surface area is 120 Å². The lowest BCUT2D eigenvalue weighted by Gasteiger charge is -2.39. The average Bonchev–Trinajstić information content (AvgIpc) is 2.54. The molecule has 2 aliphatic rings. The smallest absolute Gasteiger partial charge is 0.277 e. The van der Waals surface area contributed by atoms with Crippen molar-refractivity contribution >= 4 is 17.8 Å². The molecule has 1 N–H and O–H groups in total. The van der Waals surface area contributed by atoms with Crippen LogP contribution in [0.1, 0.15) is 52.9 Å². The normalized spacial score (nSPS) is 32.3. The Balaban J connectivity index is 2.26. The first-order valence-corrected chi connectivity index (χ1v) is 7.61. The molecule has 0 aromatic heterocycles. The van der Waals surface area contributed by atoms with Crippen molar-refractivity contribution in [3.8, 4) is 0 Å². The first-order valence-electron chi connectivity index (χ1n) is 7.61. The summed E-state index contributed by atoms with van der Waals surface area (Å²) in [7, 11) is 0. The number of amides is 4. The van der Waals surface area contributed by atoms with Crippen molar-refractivity contribution in [1.82, 2.24) is 10.2 Å². The van der Waals surface area contributed by atoms with E-state index in [0.717, 1.165) is 32.1 Å². The highest BCUT2D eigenvalue weighted by Gasteiger charge is 2.45. The van der Waals surface area contributed by atoms with Gasteiger partial charge in [-0.2, -0.15) is 0 Å². The molecule has 1 aliphatic heterocycles. The van der Waals surface area contributed by atoms with Crippen molar-refractivity contribution in [2.24, 2.45) is 17.8 Å². The third kappa shape index (κ3) is 2.72. The molecule has 0 spiro atoms. The van der Waals surface area contributed by atoms with E-state index in [0.29, 0.717) is 5.92 Å². The Hall–Kier alpha value is -1.39. The zero-order chi connectivity index (χ0) is 14.9. The summed E-state index contributed by atoms with van der Waals surface area (Å²) in [6, 6.07) is -0.602. The van der Waals surface area contributed by atoms with E-state index in [4.69, 9.17) is 0 Å². The van der Waals surface area contributed by atoms with E-state index in [-0.39, 0.29) is 17.9 Å². The standard InChI is InChI=1S/C15H24N2O3/c1-9(2)12-13(18)16-15(20)17(14(12)19)11-8-6-4-5-7-10(11)3/h9-12H,4-8H2,1-3H3,(H,16,18,20). The lowest BCUT2D eigenvalue weighted by Crippen LogP contribution is -2.62. The molecule has 5 nitrogen and oxygen atoms in total. The Kier molecular flexibility index (Phi) is 4.45. The van der Waals surface area contributed by atoms with Crippen LogP contribution in [0.2, 0.25) is 0 Å². The molecule has 0 radical (unpaired) electrons. The van der Waals surface area contributed by atoms with Crippen LogP contribution in [0, 0.1) is 17.8 Å². The molecule has 2 rings (SSSR count). The molecular formula is C15H24N2O3. The van der Waals surface area contributed by atoms with Crippen LogP contribution in [0.25, 0.3) is 0 Å². The van der Waals surface area contributed by atoms with Gasteiger partial charge in [0.1, 0.15) is 5.92 Å². The minimum absolute atomic E-state index is 0.0700. The second-order valence-electron chi connectivity index (χ2n) is 6.41. The van der Waals surface area contributed by atoms with E-state index in [1.54, 1.807) is 0 Å². The fourth-order valence-corrected chi connectivity index (χ4v) is 3.36. The third-order valence-corrected chi connectivity index (χ3v) is 4.55. The zero-order valence-corrected chi connectivity index (χ0v) is 12.5. The molecule has 3 unspecified atom stereocenters. The monoisotopic (exact) mass is 280 g/mol. The van der Waals surface area contributed by atoms with E-state index < -0.39 is 17.9 Å². The van der Waals surface area contributed by atoms with Gasteiger partial charge in [-0.15, -0.1) is 0 Å². The van der Waals surface area contributed by atoms with Gasteiger partial charge in [0.25, 0.3) is 0 Å². The number of imide groups is 2. The number of rotatable bonds is 2. The van der Waals surface area contributed by atoms with Gasteiger partial charge >= 0.3 is 6.03 Å². The highest BCUT2D eigenvalue weighted by atomic mass is 16.2.